The molecule has 5 heteroatoms. The van der Waals surface area contributed by atoms with E-state index in [4.69, 9.17) is 4.74 Å². The van der Waals surface area contributed by atoms with Crippen LogP contribution < -0.4 is 0 Å². The fourth-order valence-electron chi connectivity index (χ4n) is 3.93. The summed E-state index contributed by atoms with van der Waals surface area (Å²) in [6, 6.07) is 10.8. The number of carboxylic acid groups (broad SMARTS) is 1. The predicted molar refractivity (Wildman–Crippen MR) is 99.7 cm³/mol. The van der Waals surface area contributed by atoms with E-state index in [0.29, 0.717) is 25.2 Å². The number of hydrogen-bond donors (Lipinski definition) is 1. The Hall–Kier alpha value is -1.59. The van der Waals surface area contributed by atoms with Crippen LogP contribution in [0, 0.1) is 5.92 Å². The van der Waals surface area contributed by atoms with Gasteiger partial charge in [0.25, 0.3) is 0 Å². The maximum Gasteiger partial charge on any atom is 0.407 e. The van der Waals surface area contributed by atoms with Gasteiger partial charge >= 0.3 is 6.09 Å². The van der Waals surface area contributed by atoms with Gasteiger partial charge in [0.05, 0.1) is 6.61 Å². The number of ether oxygens (including phenoxy) is 1. The van der Waals surface area contributed by atoms with Gasteiger partial charge in [-0.3, -0.25) is 0 Å². The predicted octanol–water partition coefficient (Wildman–Crippen LogP) is 3.69. The Labute approximate surface area is 151 Å². The van der Waals surface area contributed by atoms with E-state index in [1.54, 1.807) is 12.0 Å². The van der Waals surface area contributed by atoms with E-state index in [0.717, 1.165) is 24.8 Å². The van der Waals surface area contributed by atoms with E-state index in [1.165, 1.54) is 0 Å². The summed E-state index contributed by atoms with van der Waals surface area (Å²) in [5.74, 6) is 0.227. The van der Waals surface area contributed by atoms with Crippen molar-refractivity contribution in [3.63, 3.8) is 0 Å². The standard InChI is InChI=1S/C20H32N2O3/c1-15(2)21(3)18-10-11-19(17(12-18)14-25-4)22(20(23)24)13-16-8-6-5-7-9-16/h5-9,15,17-19H,10-14H2,1-4H3,(H,23,24)/t17-,18-,19+/m1/s1. The molecule has 140 valence electrons. The average Bonchev–Trinajstić information content (AvgIpc) is 2.60. The zero-order valence-corrected chi connectivity index (χ0v) is 15.9. The molecule has 0 spiro atoms. The molecule has 1 aliphatic rings. The van der Waals surface area contributed by atoms with E-state index >= 15 is 0 Å². The SMILES string of the molecule is COC[C@H]1C[C@H](N(C)C(C)C)CC[C@@H]1N(Cc1ccccc1)C(=O)O. The van der Waals surface area contributed by atoms with Crippen LogP contribution in [0.3, 0.4) is 0 Å². The number of nitrogens with zero attached hydrogens (tertiary/aromatic N) is 2. The van der Waals surface area contributed by atoms with Gasteiger partial charge < -0.3 is 19.6 Å². The van der Waals surface area contributed by atoms with Crippen molar-refractivity contribution in [2.45, 2.75) is 57.8 Å². The molecule has 0 heterocycles. The molecule has 1 saturated carbocycles. The van der Waals surface area contributed by atoms with Crippen molar-refractivity contribution in [3.8, 4) is 0 Å². The van der Waals surface area contributed by atoms with E-state index in [-0.39, 0.29) is 12.0 Å². The van der Waals surface area contributed by atoms with Crippen molar-refractivity contribution in [2.24, 2.45) is 5.92 Å². The molecule has 2 rings (SSSR count). The molecule has 1 aliphatic carbocycles. The van der Waals surface area contributed by atoms with Gasteiger partial charge in [-0.05, 0) is 45.7 Å². The van der Waals surface area contributed by atoms with Crippen molar-refractivity contribution >= 4 is 6.09 Å². The van der Waals surface area contributed by atoms with Crippen molar-refractivity contribution in [1.29, 1.82) is 0 Å². The van der Waals surface area contributed by atoms with Gasteiger partial charge in [0.15, 0.2) is 0 Å². The first-order valence-electron chi connectivity index (χ1n) is 9.18. The molecule has 3 atom stereocenters. The largest absolute Gasteiger partial charge is 0.465 e. The Balaban J connectivity index is 2.14. The molecule has 0 radical (unpaired) electrons. The first-order chi connectivity index (χ1) is 11.9. The van der Waals surface area contributed by atoms with Crippen molar-refractivity contribution in [1.82, 2.24) is 9.80 Å². The average molecular weight is 348 g/mol. The summed E-state index contributed by atoms with van der Waals surface area (Å²) in [6.45, 7) is 5.45. The van der Waals surface area contributed by atoms with Crippen LogP contribution >= 0.6 is 0 Å². The first-order valence-corrected chi connectivity index (χ1v) is 9.18. The summed E-state index contributed by atoms with van der Waals surface area (Å²) in [7, 11) is 3.87. The monoisotopic (exact) mass is 348 g/mol. The lowest BCUT2D eigenvalue weighted by Gasteiger charge is -2.44. The fraction of sp³-hybridized carbons (Fsp3) is 0.650. The molecular weight excluding hydrogens is 316 g/mol. The normalized spacial score (nSPS) is 23.8. The van der Waals surface area contributed by atoms with Crippen LogP contribution in [-0.2, 0) is 11.3 Å². The fourth-order valence-corrected chi connectivity index (χ4v) is 3.93. The van der Waals surface area contributed by atoms with Crippen LogP contribution in [-0.4, -0.2) is 59.9 Å². The second-order valence-corrected chi connectivity index (χ2v) is 7.40. The highest BCUT2D eigenvalue weighted by molar-refractivity contribution is 5.65. The summed E-state index contributed by atoms with van der Waals surface area (Å²) in [5, 5.41) is 9.81. The zero-order chi connectivity index (χ0) is 18.4. The minimum Gasteiger partial charge on any atom is -0.465 e. The molecule has 0 unspecified atom stereocenters. The lowest BCUT2D eigenvalue weighted by Crippen LogP contribution is -2.51. The van der Waals surface area contributed by atoms with Crippen LogP contribution in [0.4, 0.5) is 4.79 Å². The number of methoxy groups -OCH3 is 1. The summed E-state index contributed by atoms with van der Waals surface area (Å²) in [4.78, 5) is 16.0. The maximum absolute atomic E-state index is 12.0. The molecule has 1 aromatic rings. The number of hydrogen-bond acceptors (Lipinski definition) is 3. The van der Waals surface area contributed by atoms with Crippen molar-refractivity contribution < 1.29 is 14.6 Å². The lowest BCUT2D eigenvalue weighted by molar-refractivity contribution is 0.0133. The van der Waals surface area contributed by atoms with Crippen LogP contribution in [0.1, 0.15) is 38.7 Å². The molecular formula is C20H32N2O3. The molecule has 1 fully saturated rings. The van der Waals surface area contributed by atoms with Gasteiger partial charge in [-0.2, -0.15) is 0 Å². The van der Waals surface area contributed by atoms with Crippen molar-refractivity contribution in [3.05, 3.63) is 35.9 Å². The summed E-state index contributed by atoms with van der Waals surface area (Å²) < 4.78 is 5.44. The summed E-state index contributed by atoms with van der Waals surface area (Å²) in [5.41, 5.74) is 1.03. The minimum absolute atomic E-state index is 0.00877. The van der Waals surface area contributed by atoms with Crippen LogP contribution in [0.2, 0.25) is 0 Å². The molecule has 1 amide bonds. The third kappa shape index (κ3) is 5.19. The maximum atomic E-state index is 12.0. The van der Waals surface area contributed by atoms with E-state index < -0.39 is 6.09 Å². The van der Waals surface area contributed by atoms with Crippen LogP contribution in [0.25, 0.3) is 0 Å². The van der Waals surface area contributed by atoms with Crippen LogP contribution in [0.5, 0.6) is 0 Å². The van der Waals surface area contributed by atoms with Gasteiger partial charge in [-0.25, -0.2) is 4.79 Å². The quantitative estimate of drug-likeness (QED) is 0.816. The van der Waals surface area contributed by atoms with E-state index in [2.05, 4.69) is 25.8 Å². The Morgan fingerprint density at radius 1 is 1.28 bits per heavy atom. The molecule has 25 heavy (non-hydrogen) atoms. The third-order valence-corrected chi connectivity index (χ3v) is 5.53. The molecule has 0 aromatic heterocycles. The Morgan fingerprint density at radius 3 is 2.52 bits per heavy atom. The van der Waals surface area contributed by atoms with Gasteiger partial charge in [-0.15, -0.1) is 0 Å². The molecule has 0 saturated heterocycles. The first kappa shape index (κ1) is 19.7. The number of benzene rings is 1. The summed E-state index contributed by atoms with van der Waals surface area (Å²) >= 11 is 0. The molecule has 0 bridgehead atoms. The van der Waals surface area contributed by atoms with Gasteiger partial charge in [0.1, 0.15) is 0 Å². The van der Waals surface area contributed by atoms with Gasteiger partial charge in [0, 0.05) is 37.7 Å². The smallest absolute Gasteiger partial charge is 0.407 e. The second kappa shape index (κ2) is 9.20. The van der Waals surface area contributed by atoms with Gasteiger partial charge in [-0.1, -0.05) is 30.3 Å². The number of carbonyl (C=O) groups is 1. The number of amides is 1. The lowest BCUT2D eigenvalue weighted by atomic mass is 9.80. The Kier molecular flexibility index (Phi) is 7.26. The minimum atomic E-state index is -0.842. The third-order valence-electron chi connectivity index (χ3n) is 5.53. The highest BCUT2D eigenvalue weighted by Gasteiger charge is 2.37. The van der Waals surface area contributed by atoms with E-state index in [1.807, 2.05) is 30.3 Å². The van der Waals surface area contributed by atoms with Gasteiger partial charge in [0.2, 0.25) is 0 Å². The summed E-state index contributed by atoms with van der Waals surface area (Å²) in [6.07, 6.45) is 2.05. The Bertz CT molecular complexity index is 535. The van der Waals surface area contributed by atoms with Crippen molar-refractivity contribution in [2.75, 3.05) is 20.8 Å². The second-order valence-electron chi connectivity index (χ2n) is 7.40. The zero-order valence-electron chi connectivity index (χ0n) is 15.9. The van der Waals surface area contributed by atoms with Crippen LogP contribution in [0.15, 0.2) is 30.3 Å². The highest BCUT2D eigenvalue weighted by Crippen LogP contribution is 2.33. The molecule has 0 aliphatic heterocycles. The molecule has 1 aromatic carbocycles. The Morgan fingerprint density at radius 2 is 1.96 bits per heavy atom. The molecule has 5 nitrogen and oxygen atoms in total. The van der Waals surface area contributed by atoms with E-state index in [9.17, 15) is 9.90 Å². The highest BCUT2D eigenvalue weighted by atomic mass is 16.5. The number of rotatable bonds is 7. The topological polar surface area (TPSA) is 53.0 Å². The molecule has 1 N–H and O–H groups in total.